The summed E-state index contributed by atoms with van der Waals surface area (Å²) in [4.78, 5) is 4.02. The average molecular weight is 229 g/mol. The summed E-state index contributed by atoms with van der Waals surface area (Å²) in [7, 11) is 1.62. The molecule has 0 saturated carbocycles. The predicted octanol–water partition coefficient (Wildman–Crippen LogP) is 2.48. The lowest BCUT2D eigenvalue weighted by atomic mass is 9.99. The number of nitrogens with zero attached hydrogens (tertiary/aromatic N) is 1. The topological polar surface area (TPSA) is 42.4 Å². The summed E-state index contributed by atoms with van der Waals surface area (Å²) in [6.07, 6.45) is 2.82. The first-order valence-electron chi connectivity index (χ1n) is 5.45. The third-order valence-electron chi connectivity index (χ3n) is 2.79. The van der Waals surface area contributed by atoms with Gasteiger partial charge in [-0.3, -0.25) is 4.98 Å². The first-order valence-corrected chi connectivity index (χ1v) is 5.45. The Morgan fingerprint density at radius 2 is 1.88 bits per heavy atom. The van der Waals surface area contributed by atoms with Crippen LogP contribution in [0, 0.1) is 6.92 Å². The second-order valence-corrected chi connectivity index (χ2v) is 3.91. The molecule has 0 radical (unpaired) electrons. The van der Waals surface area contributed by atoms with Gasteiger partial charge in [0.1, 0.15) is 11.9 Å². The van der Waals surface area contributed by atoms with Crippen molar-refractivity contribution in [3.63, 3.8) is 0 Å². The van der Waals surface area contributed by atoms with Gasteiger partial charge in [-0.25, -0.2) is 0 Å². The zero-order chi connectivity index (χ0) is 12.3. The fourth-order valence-electron chi connectivity index (χ4n) is 1.76. The number of pyridine rings is 1. The molecule has 2 rings (SSSR count). The molecule has 1 aromatic heterocycles. The van der Waals surface area contributed by atoms with E-state index in [-0.39, 0.29) is 0 Å². The Morgan fingerprint density at radius 3 is 2.47 bits per heavy atom. The number of hydrogen-bond acceptors (Lipinski definition) is 3. The van der Waals surface area contributed by atoms with Crippen LogP contribution in [0.2, 0.25) is 0 Å². The number of aliphatic hydroxyl groups is 1. The molecule has 0 amide bonds. The minimum absolute atomic E-state index is 0.621. The molecule has 1 unspecified atom stereocenters. The summed E-state index contributed by atoms with van der Waals surface area (Å²) < 4.78 is 5.09. The molecule has 2 aromatic rings. The van der Waals surface area contributed by atoms with Crippen molar-refractivity contribution in [3.8, 4) is 5.75 Å². The van der Waals surface area contributed by atoms with Crippen molar-refractivity contribution < 1.29 is 9.84 Å². The summed E-state index contributed by atoms with van der Waals surface area (Å²) in [5, 5.41) is 10.3. The molecule has 0 aliphatic carbocycles. The highest BCUT2D eigenvalue weighted by Gasteiger charge is 2.12. The van der Waals surface area contributed by atoms with Gasteiger partial charge < -0.3 is 9.84 Å². The van der Waals surface area contributed by atoms with Gasteiger partial charge >= 0.3 is 0 Å². The Labute approximate surface area is 101 Å². The van der Waals surface area contributed by atoms with Crippen molar-refractivity contribution in [1.82, 2.24) is 4.98 Å². The van der Waals surface area contributed by atoms with Crippen molar-refractivity contribution in [2.75, 3.05) is 7.11 Å². The molecule has 1 N–H and O–H groups in total. The molecule has 3 nitrogen and oxygen atoms in total. The molecule has 1 atom stereocenters. The Bertz CT molecular complexity index is 494. The third kappa shape index (κ3) is 2.45. The number of aryl methyl sites for hydroxylation is 1. The molecule has 88 valence electrons. The minimum atomic E-state index is -0.621. The number of aromatic nitrogens is 1. The SMILES string of the molecule is COc1ccc(C(O)c2ccncc2C)cc1. The molecule has 0 saturated heterocycles. The summed E-state index contributed by atoms with van der Waals surface area (Å²) >= 11 is 0. The molecule has 0 fully saturated rings. The molecule has 1 heterocycles. The fraction of sp³-hybridized carbons (Fsp3) is 0.214. The second kappa shape index (κ2) is 4.97. The van der Waals surface area contributed by atoms with Gasteiger partial charge in [-0.15, -0.1) is 0 Å². The highest BCUT2D eigenvalue weighted by molar-refractivity contribution is 5.36. The van der Waals surface area contributed by atoms with E-state index in [4.69, 9.17) is 4.74 Å². The maximum atomic E-state index is 10.3. The van der Waals surface area contributed by atoms with Crippen LogP contribution in [0.4, 0.5) is 0 Å². The Hall–Kier alpha value is -1.87. The van der Waals surface area contributed by atoms with Crippen molar-refractivity contribution in [1.29, 1.82) is 0 Å². The van der Waals surface area contributed by atoms with Gasteiger partial charge in [0, 0.05) is 12.4 Å². The largest absolute Gasteiger partial charge is 0.497 e. The van der Waals surface area contributed by atoms with Crippen LogP contribution < -0.4 is 4.74 Å². The van der Waals surface area contributed by atoms with Crippen molar-refractivity contribution in [3.05, 3.63) is 59.4 Å². The maximum absolute atomic E-state index is 10.3. The number of ether oxygens (including phenoxy) is 1. The first-order chi connectivity index (χ1) is 8.22. The van der Waals surface area contributed by atoms with Crippen LogP contribution in [0.3, 0.4) is 0 Å². The second-order valence-electron chi connectivity index (χ2n) is 3.91. The smallest absolute Gasteiger partial charge is 0.118 e. The number of aliphatic hydroxyl groups excluding tert-OH is 1. The summed E-state index contributed by atoms with van der Waals surface area (Å²) in [5.41, 5.74) is 2.71. The summed E-state index contributed by atoms with van der Waals surface area (Å²) in [6.45, 7) is 1.94. The van der Waals surface area contributed by atoms with Crippen LogP contribution in [0.25, 0.3) is 0 Å². The quantitative estimate of drug-likeness (QED) is 0.879. The van der Waals surface area contributed by atoms with E-state index in [1.54, 1.807) is 19.5 Å². The maximum Gasteiger partial charge on any atom is 0.118 e. The third-order valence-corrected chi connectivity index (χ3v) is 2.79. The van der Waals surface area contributed by atoms with Crippen LogP contribution in [-0.2, 0) is 0 Å². The number of hydrogen-bond donors (Lipinski definition) is 1. The normalized spacial score (nSPS) is 12.2. The van der Waals surface area contributed by atoms with Gasteiger partial charge in [0.05, 0.1) is 7.11 Å². The van der Waals surface area contributed by atoms with Crippen LogP contribution in [0.5, 0.6) is 5.75 Å². The van der Waals surface area contributed by atoms with Crippen molar-refractivity contribution >= 4 is 0 Å². The predicted molar refractivity (Wildman–Crippen MR) is 66.0 cm³/mol. The Kier molecular flexibility index (Phi) is 3.40. The molecule has 1 aromatic carbocycles. The standard InChI is InChI=1S/C14H15NO2/c1-10-9-15-8-7-13(10)14(16)11-3-5-12(17-2)6-4-11/h3-9,14,16H,1-2H3. The molecule has 0 bridgehead atoms. The number of benzene rings is 1. The number of methoxy groups -OCH3 is 1. The lowest BCUT2D eigenvalue weighted by Crippen LogP contribution is -2.02. The zero-order valence-electron chi connectivity index (χ0n) is 9.92. The molecule has 0 spiro atoms. The lowest BCUT2D eigenvalue weighted by Gasteiger charge is -2.14. The summed E-state index contributed by atoms with van der Waals surface area (Å²) in [5.74, 6) is 0.785. The van der Waals surface area contributed by atoms with Gasteiger partial charge in [-0.2, -0.15) is 0 Å². The van der Waals surface area contributed by atoms with E-state index in [1.807, 2.05) is 37.3 Å². The Morgan fingerprint density at radius 1 is 1.18 bits per heavy atom. The van der Waals surface area contributed by atoms with E-state index in [1.165, 1.54) is 0 Å². The van der Waals surface area contributed by atoms with Crippen molar-refractivity contribution in [2.24, 2.45) is 0 Å². The van der Waals surface area contributed by atoms with Gasteiger partial charge in [-0.1, -0.05) is 12.1 Å². The van der Waals surface area contributed by atoms with Crippen LogP contribution in [-0.4, -0.2) is 17.2 Å². The molecule has 0 aliphatic heterocycles. The van der Waals surface area contributed by atoms with E-state index in [0.717, 1.165) is 22.4 Å². The van der Waals surface area contributed by atoms with E-state index in [2.05, 4.69) is 4.98 Å². The van der Waals surface area contributed by atoms with E-state index >= 15 is 0 Å². The van der Waals surface area contributed by atoms with Crippen LogP contribution in [0.15, 0.2) is 42.7 Å². The minimum Gasteiger partial charge on any atom is -0.497 e. The van der Waals surface area contributed by atoms with Gasteiger partial charge in [-0.05, 0) is 41.8 Å². The van der Waals surface area contributed by atoms with Crippen LogP contribution >= 0.6 is 0 Å². The van der Waals surface area contributed by atoms with Gasteiger partial charge in [0.15, 0.2) is 0 Å². The highest BCUT2D eigenvalue weighted by Crippen LogP contribution is 2.25. The zero-order valence-corrected chi connectivity index (χ0v) is 9.92. The van der Waals surface area contributed by atoms with Crippen LogP contribution in [0.1, 0.15) is 22.8 Å². The van der Waals surface area contributed by atoms with E-state index in [0.29, 0.717) is 0 Å². The Balaban J connectivity index is 2.30. The average Bonchev–Trinajstić information content (AvgIpc) is 2.39. The molecule has 17 heavy (non-hydrogen) atoms. The fourth-order valence-corrected chi connectivity index (χ4v) is 1.76. The number of rotatable bonds is 3. The molecular weight excluding hydrogens is 214 g/mol. The first kappa shape index (κ1) is 11.6. The molecule has 0 aliphatic rings. The molecule has 3 heteroatoms. The van der Waals surface area contributed by atoms with E-state index in [9.17, 15) is 5.11 Å². The van der Waals surface area contributed by atoms with Gasteiger partial charge in [0.25, 0.3) is 0 Å². The van der Waals surface area contributed by atoms with E-state index < -0.39 is 6.10 Å². The van der Waals surface area contributed by atoms with Gasteiger partial charge in [0.2, 0.25) is 0 Å². The summed E-state index contributed by atoms with van der Waals surface area (Å²) in [6, 6.07) is 9.25. The highest BCUT2D eigenvalue weighted by atomic mass is 16.5. The monoisotopic (exact) mass is 229 g/mol. The lowest BCUT2D eigenvalue weighted by molar-refractivity contribution is 0.219. The molecular formula is C14H15NO2. The van der Waals surface area contributed by atoms with Crippen molar-refractivity contribution in [2.45, 2.75) is 13.0 Å².